The van der Waals surface area contributed by atoms with Crippen LogP contribution in [0.3, 0.4) is 0 Å². The van der Waals surface area contributed by atoms with Crippen molar-refractivity contribution in [1.29, 1.82) is 0 Å². The minimum atomic E-state index is -0.765. The second-order valence-electron chi connectivity index (χ2n) is 8.11. The first-order valence-corrected chi connectivity index (χ1v) is 10.9. The molecule has 0 N–H and O–H groups in total. The fourth-order valence-corrected chi connectivity index (χ4v) is 3.89. The molecule has 0 unspecified atom stereocenters. The van der Waals surface area contributed by atoms with E-state index in [1.165, 1.54) is 29.3 Å². The highest BCUT2D eigenvalue weighted by molar-refractivity contribution is 5.90. The zero-order chi connectivity index (χ0) is 24.1. The van der Waals surface area contributed by atoms with E-state index in [1.807, 2.05) is 6.07 Å². The predicted molar refractivity (Wildman–Crippen MR) is 122 cm³/mol. The van der Waals surface area contributed by atoms with E-state index in [0.29, 0.717) is 18.8 Å². The quantitative estimate of drug-likeness (QED) is 0.264. The molecule has 10 heteroatoms. The van der Waals surface area contributed by atoms with E-state index in [4.69, 9.17) is 14.2 Å². The van der Waals surface area contributed by atoms with Crippen molar-refractivity contribution < 1.29 is 28.7 Å². The number of carbonyl (C=O) groups excluding carboxylic acids is 2. The van der Waals surface area contributed by atoms with Crippen LogP contribution in [0.1, 0.15) is 16.7 Å². The number of aryl methyl sites for hydroxylation is 1. The third-order valence-corrected chi connectivity index (χ3v) is 5.67. The Morgan fingerprint density at radius 3 is 2.56 bits per heavy atom. The van der Waals surface area contributed by atoms with Crippen LogP contribution in [0, 0.1) is 17.0 Å². The second-order valence-corrected chi connectivity index (χ2v) is 8.11. The Balaban J connectivity index is 1.25. The summed E-state index contributed by atoms with van der Waals surface area (Å²) in [7, 11) is 0. The normalized spacial score (nSPS) is 15.5. The fourth-order valence-electron chi connectivity index (χ4n) is 3.89. The summed E-state index contributed by atoms with van der Waals surface area (Å²) in [5.74, 6) is -0.407. The van der Waals surface area contributed by atoms with Gasteiger partial charge in [0, 0.05) is 38.8 Å². The standard InChI is InChI=1S/C24H25N3O7/c1-17-3-2-4-18(11-17)14-25-7-9-26(10-8-25)23(28)15-32-24(29)6-5-19-12-21-22(34-16-33-21)13-20(19)27(30)31/h2-6,11-13H,7-10,14-16H2,1H3/b6-5+. The Labute approximate surface area is 196 Å². The molecule has 2 aliphatic rings. The van der Waals surface area contributed by atoms with Crippen molar-refractivity contribution in [2.45, 2.75) is 13.5 Å². The van der Waals surface area contributed by atoms with Crippen molar-refractivity contribution in [3.8, 4) is 11.5 Å². The summed E-state index contributed by atoms with van der Waals surface area (Å²) in [4.78, 5) is 39.2. The van der Waals surface area contributed by atoms with Gasteiger partial charge in [0.25, 0.3) is 11.6 Å². The summed E-state index contributed by atoms with van der Waals surface area (Å²) < 4.78 is 15.4. The molecular weight excluding hydrogens is 442 g/mol. The number of esters is 1. The van der Waals surface area contributed by atoms with Gasteiger partial charge in [0.2, 0.25) is 6.79 Å². The molecule has 34 heavy (non-hydrogen) atoms. The van der Waals surface area contributed by atoms with E-state index < -0.39 is 10.9 Å². The number of benzene rings is 2. The van der Waals surface area contributed by atoms with Crippen molar-refractivity contribution in [3.63, 3.8) is 0 Å². The molecule has 0 spiro atoms. The van der Waals surface area contributed by atoms with Crippen LogP contribution in [0.25, 0.3) is 6.08 Å². The number of fused-ring (bicyclic) bond motifs is 1. The SMILES string of the molecule is Cc1cccc(CN2CCN(C(=O)COC(=O)/C=C/c3cc4c(cc3[N+](=O)[O-])OCO4)CC2)c1. The summed E-state index contributed by atoms with van der Waals surface area (Å²) in [6.07, 6.45) is 2.31. The van der Waals surface area contributed by atoms with Gasteiger partial charge in [-0.3, -0.25) is 19.8 Å². The molecule has 10 nitrogen and oxygen atoms in total. The second kappa shape index (κ2) is 10.3. The minimum Gasteiger partial charge on any atom is -0.454 e. The van der Waals surface area contributed by atoms with Crippen molar-refractivity contribution in [2.24, 2.45) is 0 Å². The number of nitrogens with zero attached hydrogens (tertiary/aromatic N) is 3. The van der Waals surface area contributed by atoms with E-state index in [1.54, 1.807) is 4.90 Å². The third kappa shape index (κ3) is 5.70. The molecule has 2 aromatic rings. The summed E-state index contributed by atoms with van der Waals surface area (Å²) >= 11 is 0. The van der Waals surface area contributed by atoms with Gasteiger partial charge in [-0.1, -0.05) is 29.8 Å². The van der Waals surface area contributed by atoms with E-state index in [9.17, 15) is 19.7 Å². The van der Waals surface area contributed by atoms with E-state index in [0.717, 1.165) is 25.7 Å². The van der Waals surface area contributed by atoms with Crippen LogP contribution in [0.2, 0.25) is 0 Å². The van der Waals surface area contributed by atoms with Gasteiger partial charge >= 0.3 is 5.97 Å². The maximum Gasteiger partial charge on any atom is 0.331 e. The van der Waals surface area contributed by atoms with Gasteiger partial charge in [-0.2, -0.15) is 0 Å². The van der Waals surface area contributed by atoms with Crippen LogP contribution >= 0.6 is 0 Å². The number of hydrogen-bond acceptors (Lipinski definition) is 8. The lowest BCUT2D eigenvalue weighted by Crippen LogP contribution is -2.49. The van der Waals surface area contributed by atoms with Crippen LogP contribution in [0.15, 0.2) is 42.5 Å². The first-order valence-electron chi connectivity index (χ1n) is 10.9. The number of hydrogen-bond donors (Lipinski definition) is 0. The number of piperazine rings is 1. The zero-order valence-electron chi connectivity index (χ0n) is 18.8. The topological polar surface area (TPSA) is 111 Å². The number of rotatable bonds is 7. The summed E-state index contributed by atoms with van der Waals surface area (Å²) in [5.41, 5.74) is 2.40. The molecule has 1 fully saturated rings. The molecule has 2 heterocycles. The van der Waals surface area contributed by atoms with Crippen LogP contribution in [0.4, 0.5) is 5.69 Å². The maximum atomic E-state index is 12.4. The van der Waals surface area contributed by atoms with Crippen LogP contribution in [-0.2, 0) is 20.9 Å². The zero-order valence-corrected chi connectivity index (χ0v) is 18.8. The van der Waals surface area contributed by atoms with Crippen molar-refractivity contribution in [1.82, 2.24) is 9.80 Å². The highest BCUT2D eigenvalue weighted by atomic mass is 16.7. The van der Waals surface area contributed by atoms with Crippen molar-refractivity contribution in [2.75, 3.05) is 39.6 Å². The summed E-state index contributed by atoms with van der Waals surface area (Å²) in [6.45, 7) is 5.07. The highest BCUT2D eigenvalue weighted by Gasteiger charge is 2.23. The van der Waals surface area contributed by atoms with E-state index >= 15 is 0 Å². The molecule has 4 rings (SSSR count). The third-order valence-electron chi connectivity index (χ3n) is 5.67. The van der Waals surface area contributed by atoms with Gasteiger partial charge in [-0.05, 0) is 24.6 Å². The molecule has 2 aromatic carbocycles. The van der Waals surface area contributed by atoms with Crippen molar-refractivity contribution >= 4 is 23.6 Å². The number of nitro groups is 1. The minimum absolute atomic E-state index is 0.0238. The molecule has 178 valence electrons. The molecule has 1 saturated heterocycles. The first kappa shape index (κ1) is 23.2. The summed E-state index contributed by atoms with van der Waals surface area (Å²) in [6, 6.07) is 11.0. The van der Waals surface area contributed by atoms with Gasteiger partial charge < -0.3 is 19.1 Å². The van der Waals surface area contributed by atoms with Crippen molar-refractivity contribution in [3.05, 3.63) is 69.3 Å². The monoisotopic (exact) mass is 467 g/mol. The lowest BCUT2D eigenvalue weighted by Gasteiger charge is -2.34. The van der Waals surface area contributed by atoms with Crippen LogP contribution < -0.4 is 9.47 Å². The number of nitro benzene ring substituents is 1. The fraction of sp³-hybridized carbons (Fsp3) is 0.333. The Morgan fingerprint density at radius 2 is 1.85 bits per heavy atom. The lowest BCUT2D eigenvalue weighted by molar-refractivity contribution is -0.385. The molecule has 0 bridgehead atoms. The molecule has 0 aliphatic carbocycles. The molecular formula is C24H25N3O7. The van der Waals surface area contributed by atoms with Gasteiger partial charge in [0.05, 0.1) is 16.6 Å². The molecule has 0 atom stereocenters. The average molecular weight is 467 g/mol. The number of ether oxygens (including phenoxy) is 3. The van der Waals surface area contributed by atoms with Gasteiger partial charge in [-0.15, -0.1) is 0 Å². The maximum absolute atomic E-state index is 12.4. The average Bonchev–Trinajstić information content (AvgIpc) is 3.28. The predicted octanol–water partition coefficient (Wildman–Crippen LogP) is 2.53. The van der Waals surface area contributed by atoms with E-state index in [2.05, 4.69) is 30.0 Å². The lowest BCUT2D eigenvalue weighted by atomic mass is 10.1. The van der Waals surface area contributed by atoms with Gasteiger partial charge in [0.1, 0.15) is 0 Å². The molecule has 0 saturated carbocycles. The number of amides is 1. The van der Waals surface area contributed by atoms with Gasteiger partial charge in [-0.25, -0.2) is 4.79 Å². The number of carbonyl (C=O) groups is 2. The summed E-state index contributed by atoms with van der Waals surface area (Å²) in [5, 5.41) is 11.3. The molecule has 0 aromatic heterocycles. The smallest absolute Gasteiger partial charge is 0.331 e. The Bertz CT molecular complexity index is 1120. The first-order chi connectivity index (χ1) is 16.4. The molecule has 1 amide bonds. The molecule has 0 radical (unpaired) electrons. The van der Waals surface area contributed by atoms with Crippen LogP contribution in [0.5, 0.6) is 11.5 Å². The van der Waals surface area contributed by atoms with E-state index in [-0.39, 0.29) is 36.3 Å². The van der Waals surface area contributed by atoms with Gasteiger partial charge in [0.15, 0.2) is 18.1 Å². The van der Waals surface area contributed by atoms with Crippen LogP contribution in [-0.4, -0.2) is 66.2 Å². The Morgan fingerprint density at radius 1 is 1.12 bits per heavy atom. The molecule has 2 aliphatic heterocycles. The highest BCUT2D eigenvalue weighted by Crippen LogP contribution is 2.38. The Kier molecular flexibility index (Phi) is 7.07. The largest absolute Gasteiger partial charge is 0.454 e. The Hall–Kier alpha value is -3.92.